The van der Waals surface area contributed by atoms with Crippen molar-refractivity contribution in [1.82, 2.24) is 9.80 Å². The Morgan fingerprint density at radius 2 is 0.923 bits per heavy atom. The van der Waals surface area contributed by atoms with Gasteiger partial charge in [0.05, 0.1) is 45.7 Å². The van der Waals surface area contributed by atoms with E-state index in [1.165, 1.54) is 0 Å². The lowest BCUT2D eigenvalue weighted by atomic mass is 10.2. The monoisotopic (exact) mass is 580 g/mol. The van der Waals surface area contributed by atoms with Crippen LogP contribution in [0.25, 0.3) is 0 Å². The standard InChI is InChI=1S/C28H40N2O7S2/c1-21-17-29(18-22(2)35-21)13-15-38(31,32)27-9-5-25(6-10-27)37-26-7-11-28(12-8-26)39(33,34)16-14-30-19-23(3)36-24(4)20-30/h5-12,21-24H,13-20H2,1-4H3/t21-,22-,23+,24+. The zero-order chi connectivity index (χ0) is 28.2. The Kier molecular flexibility index (Phi) is 9.72. The molecule has 9 nitrogen and oxygen atoms in total. The molecule has 0 unspecified atom stereocenters. The van der Waals surface area contributed by atoms with E-state index in [0.29, 0.717) is 24.6 Å². The average molecular weight is 581 g/mol. The van der Waals surface area contributed by atoms with Crippen LogP contribution in [0.2, 0.25) is 0 Å². The van der Waals surface area contributed by atoms with E-state index < -0.39 is 19.7 Å². The lowest BCUT2D eigenvalue weighted by Gasteiger charge is -2.35. The number of morpholine rings is 2. The summed E-state index contributed by atoms with van der Waals surface area (Å²) in [5.74, 6) is 1.00. The second-order valence-electron chi connectivity index (χ2n) is 10.7. The molecule has 11 heteroatoms. The summed E-state index contributed by atoms with van der Waals surface area (Å²) in [6.07, 6.45) is 0.352. The fraction of sp³-hybridized carbons (Fsp3) is 0.571. The van der Waals surface area contributed by atoms with Crippen molar-refractivity contribution in [1.29, 1.82) is 0 Å². The lowest BCUT2D eigenvalue weighted by Crippen LogP contribution is -2.46. The van der Waals surface area contributed by atoms with Crippen LogP contribution in [0.3, 0.4) is 0 Å². The smallest absolute Gasteiger partial charge is 0.179 e. The number of ether oxygens (including phenoxy) is 3. The Labute approximate surface area is 232 Å². The van der Waals surface area contributed by atoms with Gasteiger partial charge >= 0.3 is 0 Å². The van der Waals surface area contributed by atoms with Crippen LogP contribution in [0.1, 0.15) is 27.7 Å². The molecule has 0 aliphatic carbocycles. The molecular weight excluding hydrogens is 540 g/mol. The maximum Gasteiger partial charge on any atom is 0.179 e. The van der Waals surface area contributed by atoms with Crippen LogP contribution < -0.4 is 4.74 Å². The van der Waals surface area contributed by atoms with Gasteiger partial charge in [-0.2, -0.15) is 0 Å². The van der Waals surface area contributed by atoms with Gasteiger partial charge in [-0.05, 0) is 76.2 Å². The highest BCUT2D eigenvalue weighted by molar-refractivity contribution is 7.91. The molecule has 216 valence electrons. The van der Waals surface area contributed by atoms with Crippen molar-refractivity contribution in [2.75, 3.05) is 50.8 Å². The Morgan fingerprint density at radius 1 is 0.615 bits per heavy atom. The zero-order valence-electron chi connectivity index (χ0n) is 23.2. The summed E-state index contributed by atoms with van der Waals surface area (Å²) < 4.78 is 68.7. The van der Waals surface area contributed by atoms with Gasteiger partial charge in [0.1, 0.15) is 11.5 Å². The quantitative estimate of drug-likeness (QED) is 0.419. The van der Waals surface area contributed by atoms with E-state index in [0.717, 1.165) is 26.2 Å². The summed E-state index contributed by atoms with van der Waals surface area (Å²) in [4.78, 5) is 4.74. The van der Waals surface area contributed by atoms with Crippen molar-refractivity contribution < 1.29 is 31.0 Å². The molecule has 4 atom stereocenters. The number of hydrogen-bond donors (Lipinski definition) is 0. The predicted molar refractivity (Wildman–Crippen MR) is 150 cm³/mol. The van der Waals surface area contributed by atoms with Crippen LogP contribution in [0.5, 0.6) is 11.5 Å². The van der Waals surface area contributed by atoms with Gasteiger partial charge in [-0.25, -0.2) is 16.8 Å². The van der Waals surface area contributed by atoms with Gasteiger partial charge in [0.25, 0.3) is 0 Å². The van der Waals surface area contributed by atoms with Crippen molar-refractivity contribution in [3.05, 3.63) is 48.5 Å². The molecule has 2 saturated heterocycles. The molecule has 2 heterocycles. The number of nitrogens with zero attached hydrogens (tertiary/aromatic N) is 2. The highest BCUT2D eigenvalue weighted by atomic mass is 32.2. The van der Waals surface area contributed by atoms with Crippen molar-refractivity contribution in [3.63, 3.8) is 0 Å². The van der Waals surface area contributed by atoms with Crippen LogP contribution in [0.15, 0.2) is 58.3 Å². The lowest BCUT2D eigenvalue weighted by molar-refractivity contribution is -0.0663. The van der Waals surface area contributed by atoms with Gasteiger partial charge in [-0.3, -0.25) is 9.80 Å². The fourth-order valence-corrected chi connectivity index (χ4v) is 7.80. The van der Waals surface area contributed by atoms with Crippen molar-refractivity contribution in [2.24, 2.45) is 0 Å². The fourth-order valence-electron chi connectivity index (χ4n) is 5.23. The van der Waals surface area contributed by atoms with E-state index in [4.69, 9.17) is 14.2 Å². The summed E-state index contributed by atoms with van der Waals surface area (Å²) in [5, 5.41) is 0. The van der Waals surface area contributed by atoms with E-state index in [9.17, 15) is 16.8 Å². The van der Waals surface area contributed by atoms with Gasteiger partial charge in [-0.1, -0.05) is 0 Å². The average Bonchev–Trinajstić information content (AvgIpc) is 2.86. The Balaban J connectivity index is 1.30. The maximum atomic E-state index is 12.9. The molecular formula is C28H40N2O7S2. The molecule has 0 bridgehead atoms. The second kappa shape index (κ2) is 12.7. The first-order valence-electron chi connectivity index (χ1n) is 13.5. The van der Waals surface area contributed by atoms with Crippen LogP contribution in [0, 0.1) is 0 Å². The molecule has 0 saturated carbocycles. The SMILES string of the molecule is C[C@@H]1CN(CCS(=O)(=O)c2ccc(Oc3ccc(S(=O)(=O)CCN4C[C@H](C)O[C@@H](C)C4)cc3)cc2)C[C@@H](C)O1. The topological polar surface area (TPSA) is 102 Å². The molecule has 39 heavy (non-hydrogen) atoms. The van der Waals surface area contributed by atoms with E-state index in [1.807, 2.05) is 27.7 Å². The van der Waals surface area contributed by atoms with Gasteiger partial charge in [0.15, 0.2) is 19.7 Å². The third-order valence-corrected chi connectivity index (χ3v) is 10.4. The molecule has 0 N–H and O–H groups in total. The van der Waals surface area contributed by atoms with Gasteiger partial charge in [0.2, 0.25) is 0 Å². The van der Waals surface area contributed by atoms with Crippen molar-refractivity contribution in [2.45, 2.75) is 61.9 Å². The molecule has 0 amide bonds. The Hall–Kier alpha value is -2.02. The minimum atomic E-state index is -3.44. The number of sulfone groups is 2. The first-order chi connectivity index (χ1) is 18.4. The molecule has 4 rings (SSSR count). The summed E-state index contributed by atoms with van der Waals surface area (Å²) in [5.41, 5.74) is 0. The molecule has 0 radical (unpaired) electrons. The van der Waals surface area contributed by atoms with Crippen molar-refractivity contribution >= 4 is 19.7 Å². The number of hydrogen-bond acceptors (Lipinski definition) is 9. The number of rotatable bonds is 10. The van der Waals surface area contributed by atoms with E-state index >= 15 is 0 Å². The maximum absolute atomic E-state index is 12.9. The molecule has 2 aliphatic heterocycles. The highest BCUT2D eigenvalue weighted by Crippen LogP contribution is 2.25. The predicted octanol–water partition coefficient (Wildman–Crippen LogP) is 3.24. The van der Waals surface area contributed by atoms with Gasteiger partial charge in [0, 0.05) is 39.3 Å². The van der Waals surface area contributed by atoms with E-state index in [2.05, 4.69) is 9.80 Å². The van der Waals surface area contributed by atoms with Crippen LogP contribution in [-0.4, -0.2) is 102 Å². The second-order valence-corrected chi connectivity index (χ2v) is 14.9. The van der Waals surface area contributed by atoms with E-state index in [-0.39, 0.29) is 45.7 Å². The van der Waals surface area contributed by atoms with Crippen molar-refractivity contribution in [3.8, 4) is 11.5 Å². The summed E-state index contributed by atoms with van der Waals surface area (Å²) in [6.45, 7) is 11.8. The van der Waals surface area contributed by atoms with Gasteiger partial charge in [-0.15, -0.1) is 0 Å². The molecule has 0 spiro atoms. The minimum absolute atomic E-state index is 0.0339. The van der Waals surface area contributed by atoms with Crippen LogP contribution >= 0.6 is 0 Å². The highest BCUT2D eigenvalue weighted by Gasteiger charge is 2.25. The van der Waals surface area contributed by atoms with E-state index in [1.54, 1.807) is 48.5 Å². The van der Waals surface area contributed by atoms with Crippen LogP contribution in [-0.2, 0) is 29.1 Å². The first-order valence-corrected chi connectivity index (χ1v) is 16.8. The minimum Gasteiger partial charge on any atom is -0.457 e. The molecule has 2 aliphatic rings. The largest absolute Gasteiger partial charge is 0.457 e. The van der Waals surface area contributed by atoms with Gasteiger partial charge < -0.3 is 14.2 Å². The molecule has 2 fully saturated rings. The Morgan fingerprint density at radius 3 is 1.23 bits per heavy atom. The summed E-state index contributed by atoms with van der Waals surface area (Å²) in [6, 6.07) is 12.6. The zero-order valence-corrected chi connectivity index (χ0v) is 24.8. The third-order valence-electron chi connectivity index (χ3n) is 6.94. The van der Waals surface area contributed by atoms with Crippen LogP contribution in [0.4, 0.5) is 0 Å². The molecule has 2 aromatic rings. The summed E-state index contributed by atoms with van der Waals surface area (Å²) in [7, 11) is -6.88. The molecule has 2 aromatic carbocycles. The molecule has 0 aromatic heterocycles. The third kappa shape index (κ3) is 8.48. The summed E-state index contributed by atoms with van der Waals surface area (Å²) >= 11 is 0. The first kappa shape index (κ1) is 30.0. The Bertz CT molecular complexity index is 1180. The number of benzene rings is 2. The normalized spacial score (nSPS) is 25.4.